The first-order valence-electron chi connectivity index (χ1n) is 6.99. The number of aryl methyl sites for hydroxylation is 1. The number of hydrogen-bond donors (Lipinski definition) is 0. The smallest absolute Gasteiger partial charge is 0.191 e. The molecule has 0 N–H and O–H groups in total. The molecule has 0 amide bonds. The molecule has 0 aliphatic rings. The molecule has 0 atom stereocenters. The summed E-state index contributed by atoms with van der Waals surface area (Å²) in [7, 11) is 3.47. The van der Waals surface area contributed by atoms with Crippen molar-refractivity contribution >= 4 is 11.8 Å². The number of aromatic nitrogens is 3. The Hall–Kier alpha value is -2.28. The fourth-order valence-electron chi connectivity index (χ4n) is 2.29. The molecule has 23 heavy (non-hydrogen) atoms. The zero-order valence-corrected chi connectivity index (χ0v) is 13.9. The molecule has 0 saturated carbocycles. The average Bonchev–Trinajstić information content (AvgIpc) is 3.11. The number of thioether (sulfide) groups is 1. The molecule has 0 spiro atoms. The third-order valence-electron chi connectivity index (χ3n) is 3.53. The summed E-state index contributed by atoms with van der Waals surface area (Å²) in [5.41, 5.74) is 1.69. The Kier molecular flexibility index (Phi) is 4.38. The third-order valence-corrected chi connectivity index (χ3v) is 4.60. The number of halogens is 1. The van der Waals surface area contributed by atoms with E-state index >= 15 is 0 Å². The Morgan fingerprint density at radius 1 is 1.30 bits per heavy atom. The number of nitrogens with zero attached hydrogens (tertiary/aromatic N) is 3. The molecule has 0 aliphatic carbocycles. The average molecular weight is 333 g/mol. The van der Waals surface area contributed by atoms with Gasteiger partial charge in [0.25, 0.3) is 0 Å². The van der Waals surface area contributed by atoms with Gasteiger partial charge in [-0.3, -0.25) is 0 Å². The van der Waals surface area contributed by atoms with Crippen LogP contribution in [0.25, 0.3) is 11.4 Å². The first kappa shape index (κ1) is 15.6. The van der Waals surface area contributed by atoms with Gasteiger partial charge >= 0.3 is 0 Å². The summed E-state index contributed by atoms with van der Waals surface area (Å²) in [6.07, 6.45) is 1.63. The highest BCUT2D eigenvalue weighted by molar-refractivity contribution is 7.98. The maximum atomic E-state index is 13.4. The van der Waals surface area contributed by atoms with Crippen LogP contribution in [0, 0.1) is 12.7 Å². The van der Waals surface area contributed by atoms with E-state index in [2.05, 4.69) is 10.2 Å². The van der Waals surface area contributed by atoms with E-state index in [1.165, 1.54) is 23.9 Å². The van der Waals surface area contributed by atoms with Crippen LogP contribution in [0.5, 0.6) is 5.75 Å². The van der Waals surface area contributed by atoms with Gasteiger partial charge in [0.05, 0.1) is 18.9 Å². The third kappa shape index (κ3) is 3.10. The minimum atomic E-state index is -0.283. The number of ether oxygens (including phenoxy) is 1. The lowest BCUT2D eigenvalue weighted by atomic mass is 10.2. The van der Waals surface area contributed by atoms with Crippen molar-refractivity contribution in [3.8, 4) is 17.1 Å². The molecule has 1 aromatic carbocycles. The van der Waals surface area contributed by atoms with Crippen LogP contribution in [-0.2, 0) is 12.8 Å². The van der Waals surface area contributed by atoms with Crippen molar-refractivity contribution in [2.24, 2.45) is 7.05 Å². The lowest BCUT2D eigenvalue weighted by molar-refractivity contribution is 0.410. The minimum Gasteiger partial charge on any atom is -0.496 e. The second-order valence-electron chi connectivity index (χ2n) is 5.00. The van der Waals surface area contributed by atoms with Crippen LogP contribution in [0.4, 0.5) is 4.39 Å². The van der Waals surface area contributed by atoms with Gasteiger partial charge in [-0.2, -0.15) is 0 Å². The fraction of sp³-hybridized carbons (Fsp3) is 0.250. The van der Waals surface area contributed by atoms with Gasteiger partial charge in [0, 0.05) is 18.4 Å². The quantitative estimate of drug-likeness (QED) is 0.664. The van der Waals surface area contributed by atoms with Gasteiger partial charge in [0.15, 0.2) is 11.0 Å². The van der Waals surface area contributed by atoms with Crippen molar-refractivity contribution in [2.75, 3.05) is 7.11 Å². The van der Waals surface area contributed by atoms with Crippen LogP contribution in [0.2, 0.25) is 0 Å². The zero-order chi connectivity index (χ0) is 16.4. The largest absolute Gasteiger partial charge is 0.496 e. The van der Waals surface area contributed by atoms with Crippen molar-refractivity contribution in [3.05, 3.63) is 47.7 Å². The van der Waals surface area contributed by atoms with Gasteiger partial charge in [-0.15, -0.1) is 10.2 Å². The summed E-state index contributed by atoms with van der Waals surface area (Å²) in [6, 6.07) is 6.35. The molecule has 2 heterocycles. The number of benzene rings is 1. The Bertz CT molecular complexity index is 829. The van der Waals surface area contributed by atoms with Crippen molar-refractivity contribution < 1.29 is 13.5 Å². The van der Waals surface area contributed by atoms with Gasteiger partial charge < -0.3 is 13.7 Å². The number of rotatable bonds is 5. The maximum absolute atomic E-state index is 13.4. The highest BCUT2D eigenvalue weighted by Crippen LogP contribution is 2.30. The molecule has 0 aliphatic heterocycles. The molecule has 0 bridgehead atoms. The normalized spacial score (nSPS) is 11.0. The van der Waals surface area contributed by atoms with Gasteiger partial charge in [-0.05, 0) is 31.2 Å². The molecule has 0 saturated heterocycles. The van der Waals surface area contributed by atoms with Gasteiger partial charge in [0.2, 0.25) is 0 Å². The zero-order valence-electron chi connectivity index (χ0n) is 13.0. The molecule has 2 aromatic heterocycles. The van der Waals surface area contributed by atoms with Crippen LogP contribution >= 0.6 is 11.8 Å². The van der Waals surface area contributed by atoms with Gasteiger partial charge in [-0.1, -0.05) is 11.8 Å². The number of furan rings is 1. The van der Waals surface area contributed by atoms with Crippen molar-refractivity contribution in [1.29, 1.82) is 0 Å². The Morgan fingerprint density at radius 3 is 2.83 bits per heavy atom. The second-order valence-corrected chi connectivity index (χ2v) is 5.94. The lowest BCUT2D eigenvalue weighted by Crippen LogP contribution is -1.96. The van der Waals surface area contributed by atoms with Crippen LogP contribution in [0.1, 0.15) is 11.3 Å². The summed E-state index contributed by atoms with van der Waals surface area (Å²) >= 11 is 1.47. The highest BCUT2D eigenvalue weighted by Gasteiger charge is 2.15. The van der Waals surface area contributed by atoms with E-state index in [0.29, 0.717) is 11.5 Å². The van der Waals surface area contributed by atoms with E-state index in [0.717, 1.165) is 27.9 Å². The van der Waals surface area contributed by atoms with E-state index < -0.39 is 0 Å². The molecule has 120 valence electrons. The van der Waals surface area contributed by atoms with E-state index in [4.69, 9.17) is 9.15 Å². The molecule has 3 rings (SSSR count). The maximum Gasteiger partial charge on any atom is 0.191 e. The molecule has 5 nitrogen and oxygen atoms in total. The molecule has 0 radical (unpaired) electrons. The summed E-state index contributed by atoms with van der Waals surface area (Å²) in [6.45, 7) is 1.88. The molecular weight excluding hydrogens is 317 g/mol. The first-order valence-corrected chi connectivity index (χ1v) is 7.97. The predicted molar refractivity (Wildman–Crippen MR) is 86.0 cm³/mol. The van der Waals surface area contributed by atoms with Crippen LogP contribution in [0.15, 0.2) is 40.1 Å². The van der Waals surface area contributed by atoms with Gasteiger partial charge in [0.1, 0.15) is 17.3 Å². The summed E-state index contributed by atoms with van der Waals surface area (Å²) < 4.78 is 25.9. The first-order chi connectivity index (χ1) is 11.1. The minimum absolute atomic E-state index is 0.283. The van der Waals surface area contributed by atoms with Crippen LogP contribution in [-0.4, -0.2) is 21.9 Å². The summed E-state index contributed by atoms with van der Waals surface area (Å²) in [5.74, 6) is 2.45. The summed E-state index contributed by atoms with van der Waals surface area (Å²) in [4.78, 5) is 0. The van der Waals surface area contributed by atoms with Crippen molar-refractivity contribution in [2.45, 2.75) is 17.8 Å². The standard InChI is InChI=1S/C16H16FN3O2S/c1-10-13(6-7-22-10)15-18-19-16(20(15)2)23-9-11-8-12(17)4-5-14(11)21-3/h4-8H,9H2,1-3H3. The van der Waals surface area contributed by atoms with E-state index in [1.807, 2.05) is 24.6 Å². The van der Waals surface area contributed by atoms with Gasteiger partial charge in [-0.25, -0.2) is 4.39 Å². The lowest BCUT2D eigenvalue weighted by Gasteiger charge is -2.08. The Morgan fingerprint density at radius 2 is 2.13 bits per heavy atom. The molecule has 0 unspecified atom stereocenters. The predicted octanol–water partition coefficient (Wildman–Crippen LogP) is 3.82. The Labute approximate surface area is 137 Å². The highest BCUT2D eigenvalue weighted by atomic mass is 32.2. The molecule has 0 fully saturated rings. The number of hydrogen-bond acceptors (Lipinski definition) is 5. The molecule has 7 heteroatoms. The Balaban J connectivity index is 1.81. The van der Waals surface area contributed by atoms with Crippen molar-refractivity contribution in [1.82, 2.24) is 14.8 Å². The second kappa shape index (κ2) is 6.45. The molecular formula is C16H16FN3O2S. The summed E-state index contributed by atoms with van der Waals surface area (Å²) in [5, 5.41) is 9.17. The topological polar surface area (TPSA) is 53.1 Å². The van der Waals surface area contributed by atoms with E-state index in [1.54, 1.807) is 19.4 Å². The SMILES string of the molecule is COc1ccc(F)cc1CSc1nnc(-c2ccoc2C)n1C. The fourth-order valence-corrected chi connectivity index (χ4v) is 3.18. The van der Waals surface area contributed by atoms with Crippen molar-refractivity contribution in [3.63, 3.8) is 0 Å². The van der Waals surface area contributed by atoms with Crippen LogP contribution < -0.4 is 4.74 Å². The van der Waals surface area contributed by atoms with Crippen LogP contribution in [0.3, 0.4) is 0 Å². The number of methoxy groups -OCH3 is 1. The van der Waals surface area contributed by atoms with E-state index in [9.17, 15) is 4.39 Å². The molecule has 3 aromatic rings. The van der Waals surface area contributed by atoms with E-state index in [-0.39, 0.29) is 5.82 Å². The monoisotopic (exact) mass is 333 g/mol.